The maximum absolute atomic E-state index is 12.6. The molecule has 0 amide bonds. The van der Waals surface area contributed by atoms with Crippen LogP contribution in [-0.2, 0) is 20.0 Å². The van der Waals surface area contributed by atoms with E-state index in [0.717, 1.165) is 16.4 Å². The first-order valence-electron chi connectivity index (χ1n) is 7.68. The van der Waals surface area contributed by atoms with Gasteiger partial charge in [0.05, 0.1) is 4.92 Å². The highest BCUT2D eigenvalue weighted by Crippen LogP contribution is 2.31. The quantitative estimate of drug-likeness (QED) is 0.515. The summed E-state index contributed by atoms with van der Waals surface area (Å²) < 4.78 is 52.6. The zero-order valence-corrected chi connectivity index (χ0v) is 14.9. The third kappa shape index (κ3) is 3.27. The minimum Gasteiger partial charge on any atom is -0.314 e. The van der Waals surface area contributed by atoms with Gasteiger partial charge in [-0.25, -0.2) is 16.8 Å². The number of piperazine rings is 1. The summed E-state index contributed by atoms with van der Waals surface area (Å²) in [6.07, 6.45) is 0. The molecule has 10 nitrogen and oxygen atoms in total. The van der Waals surface area contributed by atoms with Crippen molar-refractivity contribution >= 4 is 25.7 Å². The van der Waals surface area contributed by atoms with Crippen LogP contribution in [0.3, 0.4) is 0 Å². The second-order valence-corrected chi connectivity index (χ2v) is 9.98. The molecule has 25 heavy (non-hydrogen) atoms. The molecule has 0 radical (unpaired) electrons. The van der Waals surface area contributed by atoms with Crippen LogP contribution >= 0.6 is 0 Å². The van der Waals surface area contributed by atoms with Gasteiger partial charge in [-0.05, 0) is 6.07 Å². The first kappa shape index (κ1) is 18.2. The molecule has 0 spiro atoms. The molecule has 2 heterocycles. The van der Waals surface area contributed by atoms with E-state index in [1.54, 1.807) is 0 Å². The molecule has 0 aliphatic carbocycles. The van der Waals surface area contributed by atoms with Crippen molar-refractivity contribution in [1.29, 1.82) is 0 Å². The van der Waals surface area contributed by atoms with Crippen molar-refractivity contribution in [2.24, 2.45) is 0 Å². The lowest BCUT2D eigenvalue weighted by atomic mass is 10.3. The molecular weight excluding hydrogens is 372 g/mol. The third-order valence-electron chi connectivity index (χ3n) is 4.35. The van der Waals surface area contributed by atoms with E-state index in [2.05, 4.69) is 5.32 Å². The highest BCUT2D eigenvalue weighted by Gasteiger charge is 2.47. The predicted molar refractivity (Wildman–Crippen MR) is 89.0 cm³/mol. The van der Waals surface area contributed by atoms with Gasteiger partial charge >= 0.3 is 0 Å². The average molecular weight is 390 g/mol. The van der Waals surface area contributed by atoms with Crippen LogP contribution in [0.15, 0.2) is 29.2 Å². The summed E-state index contributed by atoms with van der Waals surface area (Å²) in [7, 11) is -7.68. The first-order chi connectivity index (χ1) is 11.7. The molecule has 1 aromatic rings. The van der Waals surface area contributed by atoms with Gasteiger partial charge < -0.3 is 5.32 Å². The van der Waals surface area contributed by atoms with Gasteiger partial charge in [0.2, 0.25) is 20.0 Å². The molecule has 0 aromatic heterocycles. The normalized spacial score (nSPS) is 21.0. The molecule has 2 saturated heterocycles. The molecule has 0 bridgehead atoms. The van der Waals surface area contributed by atoms with Crippen LogP contribution < -0.4 is 5.32 Å². The number of sulfonamides is 2. The van der Waals surface area contributed by atoms with Gasteiger partial charge in [0.25, 0.3) is 5.69 Å². The number of hydrogen-bond donors (Lipinski definition) is 1. The molecule has 2 fully saturated rings. The van der Waals surface area contributed by atoms with Gasteiger partial charge in [0, 0.05) is 45.3 Å². The third-order valence-corrected chi connectivity index (χ3v) is 8.46. The molecule has 0 unspecified atom stereocenters. The summed E-state index contributed by atoms with van der Waals surface area (Å²) in [6, 6.07) is 5.05. The van der Waals surface area contributed by atoms with E-state index in [-0.39, 0.29) is 13.1 Å². The van der Waals surface area contributed by atoms with Crippen molar-refractivity contribution in [3.63, 3.8) is 0 Å². The number of nitrogens with zero attached hydrogens (tertiary/aromatic N) is 3. The zero-order chi connectivity index (χ0) is 18.2. The summed E-state index contributed by atoms with van der Waals surface area (Å²) in [6.45, 7) is 1.45. The Morgan fingerprint density at radius 1 is 1.04 bits per heavy atom. The van der Waals surface area contributed by atoms with Crippen molar-refractivity contribution in [2.75, 3.05) is 39.3 Å². The number of rotatable bonds is 5. The Balaban J connectivity index is 1.77. The largest absolute Gasteiger partial charge is 0.314 e. The topological polar surface area (TPSA) is 130 Å². The fourth-order valence-corrected chi connectivity index (χ4v) is 6.59. The van der Waals surface area contributed by atoms with Crippen molar-refractivity contribution < 1.29 is 21.8 Å². The van der Waals surface area contributed by atoms with Gasteiger partial charge in [-0.3, -0.25) is 10.1 Å². The van der Waals surface area contributed by atoms with E-state index in [9.17, 15) is 26.9 Å². The number of nitrogens with one attached hydrogen (secondary N) is 1. The number of benzene rings is 1. The monoisotopic (exact) mass is 390 g/mol. The van der Waals surface area contributed by atoms with Crippen molar-refractivity contribution in [3.05, 3.63) is 34.4 Å². The number of para-hydroxylation sites is 1. The lowest BCUT2D eigenvalue weighted by Crippen LogP contribution is -2.61. The maximum Gasteiger partial charge on any atom is 0.289 e. The van der Waals surface area contributed by atoms with E-state index in [4.69, 9.17) is 0 Å². The van der Waals surface area contributed by atoms with E-state index in [1.165, 1.54) is 16.4 Å². The van der Waals surface area contributed by atoms with Crippen molar-refractivity contribution in [2.45, 2.75) is 10.1 Å². The van der Waals surface area contributed by atoms with Crippen LogP contribution in [0.2, 0.25) is 0 Å². The lowest BCUT2D eigenvalue weighted by Gasteiger charge is -2.40. The molecule has 1 N–H and O–H groups in total. The molecule has 138 valence electrons. The minimum absolute atomic E-state index is 0.194. The molecule has 12 heteroatoms. The molecule has 2 aliphatic rings. The second-order valence-electron chi connectivity index (χ2n) is 5.86. The van der Waals surface area contributed by atoms with Gasteiger partial charge in [-0.2, -0.15) is 8.61 Å². The minimum atomic E-state index is -4.11. The summed E-state index contributed by atoms with van der Waals surface area (Å²) >= 11 is 0. The summed E-state index contributed by atoms with van der Waals surface area (Å²) in [4.78, 5) is 9.86. The standard InChI is InChI=1S/C13H18N4O6S2/c18-17(19)12-3-1-2-4-13(12)25(22,23)16-9-11(10-16)24(20,21)15-7-5-14-6-8-15/h1-4,11,14H,5-10H2. The summed E-state index contributed by atoms with van der Waals surface area (Å²) in [5.74, 6) is 0. The van der Waals surface area contributed by atoms with Gasteiger partial charge in [-0.15, -0.1) is 0 Å². The van der Waals surface area contributed by atoms with Crippen LogP contribution in [-0.4, -0.2) is 74.9 Å². The Kier molecular flexibility index (Phi) is 4.81. The van der Waals surface area contributed by atoms with Crippen LogP contribution in [0.25, 0.3) is 0 Å². The Bertz CT molecular complexity index is 874. The van der Waals surface area contributed by atoms with Crippen molar-refractivity contribution in [3.8, 4) is 0 Å². The zero-order valence-electron chi connectivity index (χ0n) is 13.2. The molecule has 0 atom stereocenters. The van der Waals surface area contributed by atoms with E-state index in [0.29, 0.717) is 26.2 Å². The summed E-state index contributed by atoms with van der Waals surface area (Å²) in [5.41, 5.74) is -0.518. The smallest absolute Gasteiger partial charge is 0.289 e. The van der Waals surface area contributed by atoms with Gasteiger partial charge in [-0.1, -0.05) is 12.1 Å². The molecular formula is C13H18N4O6S2. The Labute approximate surface area is 145 Å². The van der Waals surface area contributed by atoms with Crippen LogP contribution in [0.4, 0.5) is 5.69 Å². The maximum atomic E-state index is 12.6. The number of nitro groups is 1. The van der Waals surface area contributed by atoms with Gasteiger partial charge in [0.15, 0.2) is 4.90 Å². The number of hydrogen-bond acceptors (Lipinski definition) is 7. The van der Waals surface area contributed by atoms with Crippen LogP contribution in [0, 0.1) is 10.1 Å². The van der Waals surface area contributed by atoms with Crippen molar-refractivity contribution in [1.82, 2.24) is 13.9 Å². The van der Waals surface area contributed by atoms with Crippen LogP contribution in [0.5, 0.6) is 0 Å². The fourth-order valence-electron chi connectivity index (χ4n) is 2.86. The summed E-state index contributed by atoms with van der Waals surface area (Å²) in [5, 5.41) is 13.3. The fraction of sp³-hybridized carbons (Fsp3) is 0.538. The highest BCUT2D eigenvalue weighted by molar-refractivity contribution is 7.91. The van der Waals surface area contributed by atoms with E-state index < -0.39 is 40.8 Å². The lowest BCUT2D eigenvalue weighted by molar-refractivity contribution is -0.387. The second kappa shape index (κ2) is 6.61. The van der Waals surface area contributed by atoms with Crippen LogP contribution in [0.1, 0.15) is 0 Å². The first-order valence-corrected chi connectivity index (χ1v) is 10.6. The predicted octanol–water partition coefficient (Wildman–Crippen LogP) is -0.797. The number of nitro benzene ring substituents is 1. The molecule has 3 rings (SSSR count). The SMILES string of the molecule is O=[N+]([O-])c1ccccc1S(=O)(=O)N1CC(S(=O)(=O)N2CCNCC2)C1. The van der Waals surface area contributed by atoms with Gasteiger partial charge in [0.1, 0.15) is 5.25 Å². The Hall–Kier alpha value is -1.60. The highest BCUT2D eigenvalue weighted by atomic mass is 32.2. The average Bonchev–Trinajstić information content (AvgIpc) is 2.53. The van der Waals surface area contributed by atoms with E-state index in [1.807, 2.05) is 0 Å². The Morgan fingerprint density at radius 2 is 1.64 bits per heavy atom. The molecule has 2 aliphatic heterocycles. The van der Waals surface area contributed by atoms with E-state index >= 15 is 0 Å². The Morgan fingerprint density at radius 3 is 2.24 bits per heavy atom. The molecule has 1 aromatic carbocycles. The molecule has 0 saturated carbocycles.